The van der Waals surface area contributed by atoms with Crippen LogP contribution in [-0.2, 0) is 9.47 Å². The maximum Gasteiger partial charge on any atom is 0.346 e. The molecule has 1 aliphatic heterocycles. The molecular weight excluding hydrogens is 716 g/mol. The number of halogens is 1. The topological polar surface area (TPSA) is 74.4 Å². The Kier molecular flexibility index (Phi) is 11.1. The van der Waals surface area contributed by atoms with E-state index >= 15 is 0 Å². The van der Waals surface area contributed by atoms with E-state index < -0.39 is 11.8 Å². The third kappa shape index (κ3) is 8.16. The van der Waals surface area contributed by atoms with Crippen molar-refractivity contribution >= 4 is 22.7 Å². The summed E-state index contributed by atoms with van der Waals surface area (Å²) in [6, 6.07) is 14.7. The van der Waals surface area contributed by atoms with Crippen LogP contribution in [0, 0.1) is 52.2 Å². The second-order valence-corrected chi connectivity index (χ2v) is 19.7. The average molecular weight is 779 g/mol. The van der Waals surface area contributed by atoms with E-state index in [9.17, 15) is 14.0 Å². The number of carbonyl (C=O) groups is 2. The molecule has 9 atom stereocenters. The van der Waals surface area contributed by atoms with Crippen LogP contribution in [0.25, 0.3) is 10.8 Å². The van der Waals surface area contributed by atoms with Crippen LogP contribution in [0.15, 0.2) is 66.2 Å². The van der Waals surface area contributed by atoms with E-state index in [-0.39, 0.29) is 34.4 Å². The van der Waals surface area contributed by atoms with Gasteiger partial charge in [-0.3, -0.25) is 0 Å². The molecule has 7 heteroatoms. The lowest BCUT2D eigenvalue weighted by Crippen LogP contribution is -2.51. The summed E-state index contributed by atoms with van der Waals surface area (Å²) in [5, 5.41) is 1.62. The largest absolute Gasteiger partial charge is 0.493 e. The third-order valence-electron chi connectivity index (χ3n) is 15.5. The quantitative estimate of drug-likeness (QED) is 0.0744. The number of carbonyl (C=O) groups excluding carboxylic acids is 2. The van der Waals surface area contributed by atoms with Crippen molar-refractivity contribution in [1.29, 1.82) is 0 Å². The average Bonchev–Trinajstić information content (AvgIpc) is 3.80. The predicted molar refractivity (Wildman–Crippen MR) is 222 cm³/mol. The highest BCUT2D eigenvalue weighted by atomic mass is 19.1. The van der Waals surface area contributed by atoms with E-state index in [0.29, 0.717) is 36.4 Å². The lowest BCUT2D eigenvalue weighted by molar-refractivity contribution is -0.0594. The van der Waals surface area contributed by atoms with Crippen molar-refractivity contribution in [3.05, 3.63) is 83.2 Å². The molecule has 0 N–H and O–H groups in total. The number of epoxide rings is 1. The van der Waals surface area contributed by atoms with Crippen LogP contribution in [0.1, 0.15) is 139 Å². The Labute approximate surface area is 339 Å². The van der Waals surface area contributed by atoms with Gasteiger partial charge in [-0.25, -0.2) is 14.0 Å². The Balaban J connectivity index is 0.860. The molecule has 1 saturated heterocycles. The Morgan fingerprint density at radius 1 is 0.860 bits per heavy atom. The van der Waals surface area contributed by atoms with Gasteiger partial charge in [0.15, 0.2) is 0 Å². The van der Waals surface area contributed by atoms with Gasteiger partial charge in [-0.15, -0.1) is 0 Å². The van der Waals surface area contributed by atoms with Crippen LogP contribution in [0.5, 0.6) is 11.5 Å². The van der Waals surface area contributed by atoms with Crippen molar-refractivity contribution < 1.29 is 32.9 Å². The fourth-order valence-corrected chi connectivity index (χ4v) is 12.0. The molecule has 0 spiro atoms. The number of ether oxygens (including phenoxy) is 4. The second kappa shape index (κ2) is 15.8. The molecule has 8 rings (SSSR count). The first kappa shape index (κ1) is 40.1. The zero-order valence-corrected chi connectivity index (χ0v) is 35.0. The first-order chi connectivity index (χ1) is 27.2. The molecule has 6 nitrogen and oxygen atoms in total. The molecule has 0 amide bonds. The summed E-state index contributed by atoms with van der Waals surface area (Å²) in [5.74, 6) is 3.64. The molecule has 0 aromatic heterocycles. The third-order valence-corrected chi connectivity index (χ3v) is 15.5. The van der Waals surface area contributed by atoms with Gasteiger partial charge >= 0.3 is 11.9 Å². The van der Waals surface area contributed by atoms with Crippen LogP contribution in [0.2, 0.25) is 0 Å². The highest BCUT2D eigenvalue weighted by Crippen LogP contribution is 2.67. The number of hydrogen-bond acceptors (Lipinski definition) is 6. The van der Waals surface area contributed by atoms with Crippen molar-refractivity contribution in [2.75, 3.05) is 13.2 Å². The fraction of sp³-hybridized carbons (Fsp3) is 0.600. The Hall–Kier alpha value is -3.71. The molecule has 3 saturated carbocycles. The smallest absolute Gasteiger partial charge is 0.346 e. The number of allylic oxidation sites excluding steroid dienone is 1. The van der Waals surface area contributed by atoms with E-state index in [0.717, 1.165) is 65.5 Å². The molecule has 1 unspecified atom stereocenters. The normalized spacial score (nSPS) is 32.1. The van der Waals surface area contributed by atoms with E-state index in [1.54, 1.807) is 30.3 Å². The summed E-state index contributed by atoms with van der Waals surface area (Å²) in [6.07, 6.45) is 16.7. The van der Waals surface area contributed by atoms with E-state index in [1.807, 2.05) is 19.1 Å². The van der Waals surface area contributed by atoms with Crippen LogP contribution < -0.4 is 9.47 Å². The SMILES string of the molecule is CC(C)CCC[C@@H](C)[C@H]1CC[C@H]2[C@@H]3CC=C4C[C@@H](OC(=O)c5ccc6cc(OC(=O)c7ccc(OCCC8(C)CO8)cc7F)ccc6c5)CC[C@]4(C)[C@H]3CC[C@]12C. The van der Waals surface area contributed by atoms with Gasteiger partial charge in [-0.05, 0) is 145 Å². The van der Waals surface area contributed by atoms with Gasteiger partial charge in [0.2, 0.25) is 0 Å². The summed E-state index contributed by atoms with van der Waals surface area (Å²) < 4.78 is 37.6. The van der Waals surface area contributed by atoms with Crippen molar-refractivity contribution in [3.63, 3.8) is 0 Å². The van der Waals surface area contributed by atoms with Crippen molar-refractivity contribution in [2.45, 2.75) is 130 Å². The van der Waals surface area contributed by atoms with Gasteiger partial charge in [0.05, 0.1) is 29.9 Å². The summed E-state index contributed by atoms with van der Waals surface area (Å²) in [4.78, 5) is 26.4. The maximum absolute atomic E-state index is 14.9. The van der Waals surface area contributed by atoms with Crippen molar-refractivity contribution in [3.8, 4) is 11.5 Å². The predicted octanol–water partition coefficient (Wildman–Crippen LogP) is 12.3. The first-order valence-electron chi connectivity index (χ1n) is 22.0. The molecular formula is C50H63FO6. The van der Waals surface area contributed by atoms with Crippen molar-refractivity contribution in [1.82, 2.24) is 0 Å². The highest BCUT2D eigenvalue weighted by molar-refractivity contribution is 5.96. The van der Waals surface area contributed by atoms with Gasteiger partial charge in [0, 0.05) is 18.9 Å². The minimum absolute atomic E-state index is 0.121. The van der Waals surface area contributed by atoms with Gasteiger partial charge < -0.3 is 18.9 Å². The van der Waals surface area contributed by atoms with Gasteiger partial charge in [-0.2, -0.15) is 0 Å². The first-order valence-corrected chi connectivity index (χ1v) is 22.0. The lowest BCUT2D eigenvalue weighted by Gasteiger charge is -2.58. The van der Waals surface area contributed by atoms with Crippen LogP contribution >= 0.6 is 0 Å². The summed E-state index contributed by atoms with van der Waals surface area (Å²) in [5.41, 5.74) is 2.38. The second-order valence-electron chi connectivity index (χ2n) is 19.7. The summed E-state index contributed by atoms with van der Waals surface area (Å²) in [7, 11) is 0. The minimum Gasteiger partial charge on any atom is -0.493 e. The molecule has 57 heavy (non-hydrogen) atoms. The van der Waals surface area contributed by atoms with Crippen LogP contribution in [0.3, 0.4) is 0 Å². The van der Waals surface area contributed by atoms with E-state index in [4.69, 9.17) is 18.9 Å². The number of fused-ring (bicyclic) bond motifs is 6. The molecule has 3 aromatic rings. The van der Waals surface area contributed by atoms with Crippen molar-refractivity contribution in [2.24, 2.45) is 46.3 Å². The summed E-state index contributed by atoms with van der Waals surface area (Å²) >= 11 is 0. The monoisotopic (exact) mass is 778 g/mol. The maximum atomic E-state index is 14.9. The van der Waals surface area contributed by atoms with E-state index in [1.165, 1.54) is 69.1 Å². The molecule has 4 aliphatic carbocycles. The zero-order valence-electron chi connectivity index (χ0n) is 35.0. The number of benzene rings is 3. The molecule has 4 fully saturated rings. The standard InChI is InChI=1S/C50H63FO6/c1-31(2)8-7-9-32(3)42-18-19-43-40-16-13-36-28-39(20-22-49(36,5)44(40)21-23-50(42,43)6)56-46(52)35-11-10-34-27-38(14-12-33(34)26-35)57-47(53)41-17-15-37(29-45(41)51)54-25-24-48(4)30-55-48/h10-15,17,26-27,29,31-32,39-40,42-44H,7-9,16,18-25,28,30H2,1-6H3/t32-,39+,40+,42-,43+,44+,48?,49+,50-/m1/s1. The Morgan fingerprint density at radius 3 is 2.40 bits per heavy atom. The molecule has 3 aromatic carbocycles. The number of rotatable bonds is 13. The van der Waals surface area contributed by atoms with Gasteiger partial charge in [-0.1, -0.05) is 77.7 Å². The minimum atomic E-state index is -0.795. The highest BCUT2D eigenvalue weighted by Gasteiger charge is 2.59. The lowest BCUT2D eigenvalue weighted by atomic mass is 9.47. The number of hydrogen-bond donors (Lipinski definition) is 0. The summed E-state index contributed by atoms with van der Waals surface area (Å²) in [6.45, 7) is 15.6. The number of esters is 2. The molecule has 5 aliphatic rings. The molecule has 306 valence electrons. The Bertz CT molecular complexity index is 2010. The molecule has 1 heterocycles. The van der Waals surface area contributed by atoms with E-state index in [2.05, 4.69) is 40.7 Å². The van der Waals surface area contributed by atoms with Gasteiger partial charge in [0.25, 0.3) is 0 Å². The molecule has 0 radical (unpaired) electrons. The zero-order chi connectivity index (χ0) is 40.1. The van der Waals surface area contributed by atoms with Crippen LogP contribution in [-0.4, -0.2) is 36.9 Å². The molecule has 0 bridgehead atoms. The Morgan fingerprint density at radius 2 is 1.63 bits per heavy atom. The fourth-order valence-electron chi connectivity index (χ4n) is 12.0. The van der Waals surface area contributed by atoms with Crippen LogP contribution in [0.4, 0.5) is 4.39 Å². The van der Waals surface area contributed by atoms with Gasteiger partial charge in [0.1, 0.15) is 23.4 Å².